The second-order valence-electron chi connectivity index (χ2n) is 5.71. The number of carbonyl (C=O) groups is 1. The third kappa shape index (κ3) is 4.31. The van der Waals surface area contributed by atoms with Gasteiger partial charge in [0.2, 0.25) is 0 Å². The van der Waals surface area contributed by atoms with Crippen molar-refractivity contribution in [3.05, 3.63) is 90.3 Å². The Morgan fingerprint density at radius 3 is 2.24 bits per heavy atom. The van der Waals surface area contributed by atoms with Crippen molar-refractivity contribution in [1.29, 1.82) is 0 Å². The lowest BCUT2D eigenvalue weighted by Gasteiger charge is -2.18. The summed E-state index contributed by atoms with van der Waals surface area (Å²) in [4.78, 5) is 16.6. The molecule has 1 heterocycles. The minimum atomic E-state index is -0.182. The number of hydrogen-bond donors (Lipinski definition) is 1. The van der Waals surface area contributed by atoms with Gasteiger partial charge >= 0.3 is 0 Å². The van der Waals surface area contributed by atoms with Crippen LogP contribution in [0.2, 0.25) is 0 Å². The highest BCUT2D eigenvalue weighted by Crippen LogP contribution is 2.19. The smallest absolute Gasteiger partial charge is 0.251 e. The van der Waals surface area contributed by atoms with Crippen molar-refractivity contribution in [2.24, 2.45) is 0 Å². The summed E-state index contributed by atoms with van der Waals surface area (Å²) in [5.74, 6) is -0.118. The third-order valence-electron chi connectivity index (χ3n) is 4.00. The molecule has 0 fully saturated rings. The van der Waals surface area contributed by atoms with Crippen LogP contribution in [0.1, 0.15) is 22.0 Å². The second kappa shape index (κ2) is 8.22. The van der Waals surface area contributed by atoms with Gasteiger partial charge in [-0.2, -0.15) is 0 Å². The number of nitrogens with zero attached hydrogens (tertiary/aromatic N) is 1. The fourth-order valence-electron chi connectivity index (χ4n) is 2.67. The van der Waals surface area contributed by atoms with Gasteiger partial charge in [-0.05, 0) is 41.0 Å². The van der Waals surface area contributed by atoms with Crippen LogP contribution in [0.15, 0.2) is 79.1 Å². The van der Waals surface area contributed by atoms with E-state index in [1.54, 1.807) is 19.5 Å². The topological polar surface area (TPSA) is 51.2 Å². The number of pyridine rings is 1. The van der Waals surface area contributed by atoms with E-state index in [1.165, 1.54) is 0 Å². The number of ether oxygens (including phenoxy) is 1. The van der Waals surface area contributed by atoms with Gasteiger partial charge in [0.15, 0.2) is 0 Å². The minimum absolute atomic E-state index is 0.118. The summed E-state index contributed by atoms with van der Waals surface area (Å²) in [6.07, 6.45) is 3.51. The van der Waals surface area contributed by atoms with Gasteiger partial charge < -0.3 is 10.1 Å². The van der Waals surface area contributed by atoms with Gasteiger partial charge in [0.05, 0.1) is 12.6 Å². The molecule has 0 aliphatic heterocycles. The number of nitrogens with one attached hydrogen (secondary N) is 1. The molecule has 0 aliphatic rings. The summed E-state index contributed by atoms with van der Waals surface area (Å²) in [7, 11) is 1.63. The molecule has 25 heavy (non-hydrogen) atoms. The SMILES string of the molecule is COC[C@@H](NC(=O)c1ccc(-c2ccncc2)cc1)c1ccccc1. The first kappa shape index (κ1) is 16.9. The van der Waals surface area contributed by atoms with Crippen LogP contribution < -0.4 is 5.32 Å². The Hall–Kier alpha value is -2.98. The molecular weight excluding hydrogens is 312 g/mol. The highest BCUT2D eigenvalue weighted by atomic mass is 16.5. The Bertz CT molecular complexity index is 802. The molecule has 2 aromatic carbocycles. The molecule has 0 radical (unpaired) electrons. The molecule has 4 nitrogen and oxygen atoms in total. The lowest BCUT2D eigenvalue weighted by atomic mass is 10.0. The van der Waals surface area contributed by atoms with E-state index in [4.69, 9.17) is 4.74 Å². The molecular formula is C21H20N2O2. The van der Waals surface area contributed by atoms with Gasteiger partial charge in [0.1, 0.15) is 0 Å². The first-order valence-corrected chi connectivity index (χ1v) is 8.13. The van der Waals surface area contributed by atoms with E-state index in [9.17, 15) is 4.79 Å². The molecule has 0 saturated carbocycles. The van der Waals surface area contributed by atoms with Gasteiger partial charge in [-0.1, -0.05) is 42.5 Å². The zero-order valence-electron chi connectivity index (χ0n) is 14.1. The fraction of sp³-hybridized carbons (Fsp3) is 0.143. The van der Waals surface area contributed by atoms with Crippen LogP contribution in [0.5, 0.6) is 0 Å². The average molecular weight is 332 g/mol. The molecule has 1 amide bonds. The van der Waals surface area contributed by atoms with Gasteiger partial charge in [-0.15, -0.1) is 0 Å². The highest BCUT2D eigenvalue weighted by molar-refractivity contribution is 5.95. The molecule has 126 valence electrons. The van der Waals surface area contributed by atoms with Crippen LogP contribution in [0, 0.1) is 0 Å². The normalized spacial score (nSPS) is 11.7. The predicted molar refractivity (Wildman–Crippen MR) is 98.2 cm³/mol. The summed E-state index contributed by atoms with van der Waals surface area (Å²) >= 11 is 0. The van der Waals surface area contributed by atoms with Crippen molar-refractivity contribution in [1.82, 2.24) is 10.3 Å². The Morgan fingerprint density at radius 2 is 1.60 bits per heavy atom. The molecule has 0 saturated heterocycles. The summed E-state index contributed by atoms with van der Waals surface area (Å²) < 4.78 is 5.25. The third-order valence-corrected chi connectivity index (χ3v) is 4.00. The number of methoxy groups -OCH3 is 1. The molecule has 1 aromatic heterocycles. The Kier molecular flexibility index (Phi) is 5.54. The Balaban J connectivity index is 1.74. The zero-order valence-corrected chi connectivity index (χ0v) is 14.1. The molecule has 3 rings (SSSR count). The fourth-order valence-corrected chi connectivity index (χ4v) is 2.67. The molecule has 4 heteroatoms. The molecule has 0 unspecified atom stereocenters. The van der Waals surface area contributed by atoms with E-state index in [1.807, 2.05) is 66.7 Å². The molecule has 1 N–H and O–H groups in total. The first-order valence-electron chi connectivity index (χ1n) is 8.13. The van der Waals surface area contributed by atoms with E-state index < -0.39 is 0 Å². The van der Waals surface area contributed by atoms with Crippen LogP contribution in [-0.4, -0.2) is 24.6 Å². The standard InChI is InChI=1S/C21H20N2O2/c1-25-15-20(18-5-3-2-4-6-18)23-21(24)19-9-7-16(8-10-19)17-11-13-22-14-12-17/h2-14,20H,15H2,1H3,(H,23,24)/t20-/m1/s1. The lowest BCUT2D eigenvalue weighted by molar-refractivity contribution is 0.0896. The van der Waals surface area contributed by atoms with Crippen LogP contribution >= 0.6 is 0 Å². The zero-order chi connectivity index (χ0) is 17.5. The number of amides is 1. The number of aromatic nitrogens is 1. The average Bonchev–Trinajstić information content (AvgIpc) is 2.69. The van der Waals surface area contributed by atoms with E-state index >= 15 is 0 Å². The molecule has 0 bridgehead atoms. The molecule has 3 aromatic rings. The van der Waals surface area contributed by atoms with Gasteiger partial charge in [0, 0.05) is 25.1 Å². The second-order valence-corrected chi connectivity index (χ2v) is 5.71. The number of carbonyl (C=O) groups excluding carboxylic acids is 1. The van der Waals surface area contributed by atoms with Gasteiger partial charge in [-0.25, -0.2) is 0 Å². The minimum Gasteiger partial charge on any atom is -0.382 e. The van der Waals surface area contributed by atoms with Crippen LogP contribution in [0.25, 0.3) is 11.1 Å². The van der Waals surface area contributed by atoms with Crippen molar-refractivity contribution in [2.45, 2.75) is 6.04 Å². The van der Waals surface area contributed by atoms with E-state index in [-0.39, 0.29) is 11.9 Å². The lowest BCUT2D eigenvalue weighted by Crippen LogP contribution is -2.31. The van der Waals surface area contributed by atoms with Crippen molar-refractivity contribution >= 4 is 5.91 Å². The van der Waals surface area contributed by atoms with Crippen molar-refractivity contribution < 1.29 is 9.53 Å². The van der Waals surface area contributed by atoms with Crippen molar-refractivity contribution in [3.63, 3.8) is 0 Å². The predicted octanol–water partition coefficient (Wildman–Crippen LogP) is 3.87. The van der Waals surface area contributed by atoms with Gasteiger partial charge in [-0.3, -0.25) is 9.78 Å². The maximum absolute atomic E-state index is 12.6. The van der Waals surface area contributed by atoms with Crippen LogP contribution in [0.4, 0.5) is 0 Å². The summed E-state index contributed by atoms with van der Waals surface area (Å²) in [5, 5.41) is 3.04. The number of hydrogen-bond acceptors (Lipinski definition) is 3. The maximum atomic E-state index is 12.6. The molecule has 0 aliphatic carbocycles. The van der Waals surface area contributed by atoms with E-state index in [0.717, 1.165) is 16.7 Å². The summed E-state index contributed by atoms with van der Waals surface area (Å²) in [6, 6.07) is 21.1. The van der Waals surface area contributed by atoms with Crippen molar-refractivity contribution in [2.75, 3.05) is 13.7 Å². The molecule has 0 spiro atoms. The largest absolute Gasteiger partial charge is 0.382 e. The Morgan fingerprint density at radius 1 is 0.960 bits per heavy atom. The van der Waals surface area contributed by atoms with E-state index in [2.05, 4.69) is 10.3 Å². The first-order chi connectivity index (χ1) is 12.3. The summed E-state index contributed by atoms with van der Waals surface area (Å²) in [6.45, 7) is 0.421. The maximum Gasteiger partial charge on any atom is 0.251 e. The van der Waals surface area contributed by atoms with E-state index in [0.29, 0.717) is 12.2 Å². The quantitative estimate of drug-likeness (QED) is 0.745. The molecule has 1 atom stereocenters. The summed E-state index contributed by atoms with van der Waals surface area (Å²) in [5.41, 5.74) is 3.76. The number of benzene rings is 2. The Labute approximate surface area is 147 Å². The highest BCUT2D eigenvalue weighted by Gasteiger charge is 2.15. The van der Waals surface area contributed by atoms with Crippen molar-refractivity contribution in [3.8, 4) is 11.1 Å². The monoisotopic (exact) mass is 332 g/mol. The number of rotatable bonds is 6. The van der Waals surface area contributed by atoms with Crippen LogP contribution in [0.3, 0.4) is 0 Å². The van der Waals surface area contributed by atoms with Gasteiger partial charge in [0.25, 0.3) is 5.91 Å². The van der Waals surface area contributed by atoms with Crippen LogP contribution in [-0.2, 0) is 4.74 Å².